The Hall–Kier alpha value is -1.82. The standard InChI is InChI=1S/C13H14F3N3/c1-2-19-7-8(6-18-19)3-12(17)9-4-10(14)13(16)11(15)5-9/h4-7,12H,2-3,17H2,1H3. The minimum atomic E-state index is -1.48. The molecular weight excluding hydrogens is 255 g/mol. The van der Waals surface area contributed by atoms with E-state index < -0.39 is 23.5 Å². The second-order valence-electron chi connectivity index (χ2n) is 4.31. The maximum atomic E-state index is 13.1. The van der Waals surface area contributed by atoms with E-state index >= 15 is 0 Å². The Morgan fingerprint density at radius 1 is 1.26 bits per heavy atom. The topological polar surface area (TPSA) is 43.8 Å². The van der Waals surface area contributed by atoms with Crippen molar-refractivity contribution in [3.63, 3.8) is 0 Å². The molecule has 1 unspecified atom stereocenters. The average Bonchev–Trinajstić information content (AvgIpc) is 2.83. The molecule has 1 atom stereocenters. The van der Waals surface area contributed by atoms with Crippen LogP contribution >= 0.6 is 0 Å². The molecule has 19 heavy (non-hydrogen) atoms. The SMILES string of the molecule is CCn1cc(CC(N)c2cc(F)c(F)c(F)c2)cn1. The third-order valence-electron chi connectivity index (χ3n) is 2.90. The lowest BCUT2D eigenvalue weighted by Gasteiger charge is -2.11. The van der Waals surface area contributed by atoms with Gasteiger partial charge in [-0.3, -0.25) is 4.68 Å². The van der Waals surface area contributed by atoms with Gasteiger partial charge in [0, 0.05) is 18.8 Å². The molecule has 3 nitrogen and oxygen atoms in total. The van der Waals surface area contributed by atoms with Gasteiger partial charge in [0.2, 0.25) is 0 Å². The number of aryl methyl sites for hydroxylation is 1. The first-order valence-electron chi connectivity index (χ1n) is 5.92. The van der Waals surface area contributed by atoms with Gasteiger partial charge in [-0.2, -0.15) is 5.10 Å². The van der Waals surface area contributed by atoms with Gasteiger partial charge in [0.25, 0.3) is 0 Å². The summed E-state index contributed by atoms with van der Waals surface area (Å²) in [7, 11) is 0. The molecule has 0 saturated heterocycles. The van der Waals surface area contributed by atoms with Crippen LogP contribution in [0.3, 0.4) is 0 Å². The van der Waals surface area contributed by atoms with Crippen LogP contribution in [0.1, 0.15) is 24.1 Å². The summed E-state index contributed by atoms with van der Waals surface area (Å²) in [5.74, 6) is -3.93. The first-order chi connectivity index (χ1) is 9.01. The lowest BCUT2D eigenvalue weighted by molar-refractivity contribution is 0.443. The fourth-order valence-corrected chi connectivity index (χ4v) is 1.85. The highest BCUT2D eigenvalue weighted by molar-refractivity contribution is 5.24. The van der Waals surface area contributed by atoms with Crippen molar-refractivity contribution in [3.8, 4) is 0 Å². The zero-order valence-corrected chi connectivity index (χ0v) is 10.4. The van der Waals surface area contributed by atoms with Gasteiger partial charge in [-0.05, 0) is 36.6 Å². The van der Waals surface area contributed by atoms with Crippen molar-refractivity contribution in [1.82, 2.24) is 9.78 Å². The molecular formula is C13H14F3N3. The number of benzene rings is 1. The summed E-state index contributed by atoms with van der Waals surface area (Å²) in [4.78, 5) is 0. The van der Waals surface area contributed by atoms with Crippen LogP contribution in [-0.2, 0) is 13.0 Å². The van der Waals surface area contributed by atoms with Crippen molar-refractivity contribution in [2.24, 2.45) is 5.73 Å². The number of hydrogen-bond donors (Lipinski definition) is 1. The number of nitrogens with two attached hydrogens (primary N) is 1. The smallest absolute Gasteiger partial charge is 0.194 e. The molecule has 1 aromatic carbocycles. The maximum absolute atomic E-state index is 13.1. The van der Waals surface area contributed by atoms with Crippen molar-refractivity contribution < 1.29 is 13.2 Å². The van der Waals surface area contributed by atoms with Crippen LogP contribution in [-0.4, -0.2) is 9.78 Å². The summed E-state index contributed by atoms with van der Waals surface area (Å²) >= 11 is 0. The monoisotopic (exact) mass is 269 g/mol. The van der Waals surface area contributed by atoms with Crippen molar-refractivity contribution in [1.29, 1.82) is 0 Å². The van der Waals surface area contributed by atoms with Crippen LogP contribution in [0.4, 0.5) is 13.2 Å². The first kappa shape index (κ1) is 13.6. The minimum absolute atomic E-state index is 0.223. The van der Waals surface area contributed by atoms with Crippen LogP contribution in [0.5, 0.6) is 0 Å². The van der Waals surface area contributed by atoms with Gasteiger partial charge in [-0.1, -0.05) is 0 Å². The van der Waals surface area contributed by atoms with Gasteiger partial charge in [-0.25, -0.2) is 13.2 Å². The molecule has 1 heterocycles. The molecule has 0 spiro atoms. The normalized spacial score (nSPS) is 12.7. The molecule has 0 fully saturated rings. The molecule has 0 saturated carbocycles. The van der Waals surface area contributed by atoms with E-state index in [-0.39, 0.29) is 5.56 Å². The number of aromatic nitrogens is 2. The lowest BCUT2D eigenvalue weighted by atomic mass is 10.0. The fraction of sp³-hybridized carbons (Fsp3) is 0.308. The largest absolute Gasteiger partial charge is 0.324 e. The Morgan fingerprint density at radius 2 is 1.89 bits per heavy atom. The second kappa shape index (κ2) is 5.44. The van der Waals surface area contributed by atoms with Crippen molar-refractivity contribution in [3.05, 3.63) is 53.1 Å². The van der Waals surface area contributed by atoms with Crippen LogP contribution in [0.2, 0.25) is 0 Å². The predicted molar refractivity (Wildman–Crippen MR) is 64.8 cm³/mol. The Balaban J connectivity index is 2.17. The van der Waals surface area contributed by atoms with Gasteiger partial charge in [0.05, 0.1) is 6.20 Å². The second-order valence-corrected chi connectivity index (χ2v) is 4.31. The van der Waals surface area contributed by atoms with E-state index in [0.717, 1.165) is 24.2 Å². The third-order valence-corrected chi connectivity index (χ3v) is 2.90. The Kier molecular flexibility index (Phi) is 3.90. The number of halogens is 3. The zero-order valence-electron chi connectivity index (χ0n) is 10.4. The van der Waals surface area contributed by atoms with E-state index in [1.807, 2.05) is 13.1 Å². The summed E-state index contributed by atoms with van der Waals surface area (Å²) in [5, 5.41) is 4.08. The number of nitrogens with zero attached hydrogens (tertiary/aromatic N) is 2. The first-order valence-corrected chi connectivity index (χ1v) is 5.92. The summed E-state index contributed by atoms with van der Waals surface area (Å²) in [5.41, 5.74) is 6.96. The summed E-state index contributed by atoms with van der Waals surface area (Å²) in [6.45, 7) is 2.68. The average molecular weight is 269 g/mol. The van der Waals surface area contributed by atoms with Gasteiger partial charge in [0.15, 0.2) is 17.5 Å². The van der Waals surface area contributed by atoms with E-state index in [2.05, 4.69) is 5.10 Å². The summed E-state index contributed by atoms with van der Waals surface area (Å²) < 4.78 is 40.8. The van der Waals surface area contributed by atoms with Crippen LogP contribution < -0.4 is 5.73 Å². The van der Waals surface area contributed by atoms with E-state index in [0.29, 0.717) is 6.42 Å². The highest BCUT2D eigenvalue weighted by atomic mass is 19.2. The molecule has 0 amide bonds. The molecule has 0 bridgehead atoms. The quantitative estimate of drug-likeness (QED) is 0.867. The van der Waals surface area contributed by atoms with E-state index in [4.69, 9.17) is 5.73 Å². The molecule has 6 heteroatoms. The van der Waals surface area contributed by atoms with Gasteiger partial charge in [-0.15, -0.1) is 0 Å². The molecule has 0 radical (unpaired) electrons. The van der Waals surface area contributed by atoms with E-state index in [9.17, 15) is 13.2 Å². The number of hydrogen-bond acceptors (Lipinski definition) is 2. The van der Waals surface area contributed by atoms with Gasteiger partial charge >= 0.3 is 0 Å². The third kappa shape index (κ3) is 2.96. The van der Waals surface area contributed by atoms with Crippen molar-refractivity contribution >= 4 is 0 Å². The number of rotatable bonds is 4. The van der Waals surface area contributed by atoms with Crippen LogP contribution in [0.15, 0.2) is 24.5 Å². The molecule has 1 aromatic heterocycles. The van der Waals surface area contributed by atoms with E-state index in [1.54, 1.807) is 10.9 Å². The molecule has 2 N–H and O–H groups in total. The fourth-order valence-electron chi connectivity index (χ4n) is 1.85. The van der Waals surface area contributed by atoms with E-state index in [1.165, 1.54) is 0 Å². The maximum Gasteiger partial charge on any atom is 0.194 e. The highest BCUT2D eigenvalue weighted by Gasteiger charge is 2.15. The Bertz CT molecular complexity index is 557. The lowest BCUT2D eigenvalue weighted by Crippen LogP contribution is -2.14. The Morgan fingerprint density at radius 3 is 2.42 bits per heavy atom. The van der Waals surface area contributed by atoms with Crippen LogP contribution in [0.25, 0.3) is 0 Å². The molecule has 2 rings (SSSR count). The molecule has 0 aliphatic carbocycles. The van der Waals surface area contributed by atoms with Crippen molar-refractivity contribution in [2.45, 2.75) is 25.9 Å². The van der Waals surface area contributed by atoms with Gasteiger partial charge in [0.1, 0.15) is 0 Å². The summed E-state index contributed by atoms with van der Waals surface area (Å²) in [6.07, 6.45) is 3.85. The molecule has 0 aliphatic rings. The molecule has 0 aliphatic heterocycles. The molecule has 2 aromatic rings. The van der Waals surface area contributed by atoms with Crippen LogP contribution in [0, 0.1) is 17.5 Å². The molecule has 102 valence electrons. The van der Waals surface area contributed by atoms with Gasteiger partial charge < -0.3 is 5.73 Å². The summed E-state index contributed by atoms with van der Waals surface area (Å²) in [6, 6.07) is 1.24. The predicted octanol–water partition coefficient (Wildman–Crippen LogP) is 2.56. The highest BCUT2D eigenvalue weighted by Crippen LogP contribution is 2.20. The minimum Gasteiger partial charge on any atom is -0.324 e. The van der Waals surface area contributed by atoms with Crippen molar-refractivity contribution in [2.75, 3.05) is 0 Å². The zero-order chi connectivity index (χ0) is 14.0. The Labute approximate surface area is 108 Å².